The third kappa shape index (κ3) is 2.46. The fourth-order valence-electron chi connectivity index (χ4n) is 2.14. The minimum Gasteiger partial charge on any atom is -0.353 e. The number of alkyl halides is 1. The highest BCUT2D eigenvalue weighted by molar-refractivity contribution is 9.09. The molecule has 1 unspecified atom stereocenters. The number of halogens is 1. The fraction of sp³-hybridized carbons (Fsp3) is 0.462. The number of fused-ring (bicyclic) bond motifs is 1. The number of amides is 1. The summed E-state index contributed by atoms with van der Waals surface area (Å²) in [6.07, 6.45) is 1.77. The van der Waals surface area contributed by atoms with Crippen molar-refractivity contribution in [2.24, 2.45) is 5.92 Å². The van der Waals surface area contributed by atoms with Crippen molar-refractivity contribution >= 4 is 21.8 Å². The molecule has 0 spiro atoms. The molecule has 1 aromatic rings. The maximum atomic E-state index is 12.0. The molecule has 1 amide bonds. The number of benzene rings is 1. The minimum atomic E-state index is 0.124. The number of carbonyl (C=O) groups is 1. The first-order chi connectivity index (χ1) is 7.70. The molecule has 0 saturated heterocycles. The molecular weight excluding hydrogens is 266 g/mol. The van der Waals surface area contributed by atoms with E-state index in [4.69, 9.17) is 0 Å². The van der Waals surface area contributed by atoms with Crippen LogP contribution in [0.1, 0.15) is 18.1 Å². The quantitative estimate of drug-likeness (QED) is 0.847. The maximum absolute atomic E-state index is 12.0. The fourth-order valence-corrected chi connectivity index (χ4v) is 2.31. The Balaban J connectivity index is 1.98. The van der Waals surface area contributed by atoms with Crippen LogP contribution in [0.5, 0.6) is 0 Å². The summed E-state index contributed by atoms with van der Waals surface area (Å²) >= 11 is 3.37. The molecule has 0 radical (unpaired) electrons. The number of carbonyl (C=O) groups excluding carboxylic acids is 1. The van der Waals surface area contributed by atoms with Crippen molar-refractivity contribution in [2.75, 3.05) is 5.33 Å². The lowest BCUT2D eigenvalue weighted by atomic mass is 10.1. The monoisotopic (exact) mass is 281 g/mol. The maximum Gasteiger partial charge on any atom is 0.224 e. The Bertz CT molecular complexity index is 366. The van der Waals surface area contributed by atoms with Crippen molar-refractivity contribution in [1.82, 2.24) is 5.32 Å². The average Bonchev–Trinajstić information content (AvgIpc) is 2.72. The van der Waals surface area contributed by atoms with E-state index in [1.807, 2.05) is 19.1 Å². The van der Waals surface area contributed by atoms with E-state index in [1.165, 1.54) is 11.1 Å². The van der Waals surface area contributed by atoms with Crippen LogP contribution in [-0.2, 0) is 17.6 Å². The molecule has 0 aliphatic heterocycles. The SMILES string of the molecule is CC(CBr)NC(=O)C1Cc2ccccc2C1. The van der Waals surface area contributed by atoms with Crippen molar-refractivity contribution in [3.05, 3.63) is 35.4 Å². The summed E-state index contributed by atoms with van der Waals surface area (Å²) in [5.41, 5.74) is 2.66. The van der Waals surface area contributed by atoms with Crippen LogP contribution in [0.25, 0.3) is 0 Å². The molecule has 86 valence electrons. The van der Waals surface area contributed by atoms with E-state index in [-0.39, 0.29) is 17.9 Å². The molecular formula is C13H16BrNO. The largest absolute Gasteiger partial charge is 0.353 e. The molecule has 0 bridgehead atoms. The van der Waals surface area contributed by atoms with Crippen molar-refractivity contribution in [1.29, 1.82) is 0 Å². The van der Waals surface area contributed by atoms with E-state index in [9.17, 15) is 4.79 Å². The van der Waals surface area contributed by atoms with Gasteiger partial charge in [-0.05, 0) is 30.9 Å². The summed E-state index contributed by atoms with van der Waals surface area (Å²) in [7, 11) is 0. The Labute approximate surface area is 105 Å². The molecule has 1 aliphatic rings. The number of hydrogen-bond acceptors (Lipinski definition) is 1. The van der Waals surface area contributed by atoms with Crippen LogP contribution in [-0.4, -0.2) is 17.3 Å². The third-order valence-electron chi connectivity index (χ3n) is 3.04. The standard InChI is InChI=1S/C13H16BrNO/c1-9(8-14)15-13(16)12-6-10-4-2-3-5-11(10)7-12/h2-5,9,12H,6-8H2,1H3,(H,15,16). The summed E-state index contributed by atoms with van der Waals surface area (Å²) in [5, 5.41) is 3.82. The van der Waals surface area contributed by atoms with Crippen LogP contribution in [0.15, 0.2) is 24.3 Å². The lowest BCUT2D eigenvalue weighted by molar-refractivity contribution is -0.125. The Hall–Kier alpha value is -0.830. The zero-order valence-corrected chi connectivity index (χ0v) is 11.0. The Morgan fingerprint density at radius 2 is 2.00 bits per heavy atom. The van der Waals surface area contributed by atoms with Gasteiger partial charge in [0.15, 0.2) is 0 Å². The zero-order chi connectivity index (χ0) is 11.5. The van der Waals surface area contributed by atoms with Gasteiger partial charge in [-0.1, -0.05) is 40.2 Å². The predicted octanol–water partition coefficient (Wildman–Crippen LogP) is 2.30. The Kier molecular flexibility index (Phi) is 3.64. The van der Waals surface area contributed by atoms with Gasteiger partial charge >= 0.3 is 0 Å². The van der Waals surface area contributed by atoms with E-state index in [0.717, 1.165) is 18.2 Å². The second kappa shape index (κ2) is 5.00. The summed E-state index contributed by atoms with van der Waals surface area (Å²) in [5.74, 6) is 0.307. The number of rotatable bonds is 3. The number of hydrogen-bond donors (Lipinski definition) is 1. The molecule has 1 aromatic carbocycles. The predicted molar refractivity (Wildman–Crippen MR) is 68.7 cm³/mol. The van der Waals surface area contributed by atoms with Crippen LogP contribution >= 0.6 is 15.9 Å². The van der Waals surface area contributed by atoms with Gasteiger partial charge in [-0.25, -0.2) is 0 Å². The highest BCUT2D eigenvalue weighted by atomic mass is 79.9. The van der Waals surface area contributed by atoms with Crippen LogP contribution in [0.2, 0.25) is 0 Å². The van der Waals surface area contributed by atoms with Crippen molar-refractivity contribution < 1.29 is 4.79 Å². The third-order valence-corrected chi connectivity index (χ3v) is 4.01. The molecule has 0 aromatic heterocycles. The molecule has 1 N–H and O–H groups in total. The molecule has 0 heterocycles. The summed E-state index contributed by atoms with van der Waals surface area (Å²) in [6.45, 7) is 2.01. The Morgan fingerprint density at radius 1 is 1.44 bits per heavy atom. The highest BCUT2D eigenvalue weighted by Gasteiger charge is 2.27. The van der Waals surface area contributed by atoms with Gasteiger partial charge in [-0.2, -0.15) is 0 Å². The van der Waals surface area contributed by atoms with E-state index in [1.54, 1.807) is 0 Å². The Morgan fingerprint density at radius 3 is 2.50 bits per heavy atom. The van der Waals surface area contributed by atoms with Crippen LogP contribution in [0.4, 0.5) is 0 Å². The van der Waals surface area contributed by atoms with Gasteiger partial charge in [0.2, 0.25) is 5.91 Å². The van der Waals surface area contributed by atoms with E-state index < -0.39 is 0 Å². The molecule has 0 saturated carbocycles. The van der Waals surface area contributed by atoms with Gasteiger partial charge in [-0.3, -0.25) is 4.79 Å². The first-order valence-electron chi connectivity index (χ1n) is 5.64. The second-order valence-electron chi connectivity index (χ2n) is 4.44. The van der Waals surface area contributed by atoms with E-state index in [0.29, 0.717) is 0 Å². The number of nitrogens with one attached hydrogen (secondary N) is 1. The van der Waals surface area contributed by atoms with E-state index >= 15 is 0 Å². The highest BCUT2D eigenvalue weighted by Crippen LogP contribution is 2.26. The lowest BCUT2D eigenvalue weighted by Crippen LogP contribution is -2.38. The zero-order valence-electron chi connectivity index (χ0n) is 9.37. The van der Waals surface area contributed by atoms with Crippen LogP contribution in [0.3, 0.4) is 0 Å². The first-order valence-corrected chi connectivity index (χ1v) is 6.76. The normalized spacial score (nSPS) is 16.9. The average molecular weight is 282 g/mol. The molecule has 1 aliphatic carbocycles. The van der Waals surface area contributed by atoms with Gasteiger partial charge in [0, 0.05) is 17.3 Å². The van der Waals surface area contributed by atoms with Gasteiger partial charge in [-0.15, -0.1) is 0 Å². The van der Waals surface area contributed by atoms with Gasteiger partial charge < -0.3 is 5.32 Å². The molecule has 3 heteroatoms. The van der Waals surface area contributed by atoms with E-state index in [2.05, 4.69) is 33.4 Å². The molecule has 16 heavy (non-hydrogen) atoms. The van der Waals surface area contributed by atoms with Crippen LogP contribution in [0, 0.1) is 5.92 Å². The summed E-state index contributed by atoms with van der Waals surface area (Å²) in [6, 6.07) is 8.53. The van der Waals surface area contributed by atoms with Gasteiger partial charge in [0.1, 0.15) is 0 Å². The molecule has 0 fully saturated rings. The summed E-state index contributed by atoms with van der Waals surface area (Å²) in [4.78, 5) is 12.0. The molecule has 1 atom stereocenters. The molecule has 2 nitrogen and oxygen atoms in total. The van der Waals surface area contributed by atoms with Gasteiger partial charge in [0.25, 0.3) is 0 Å². The first kappa shape index (κ1) is 11.6. The topological polar surface area (TPSA) is 29.1 Å². The van der Waals surface area contributed by atoms with Gasteiger partial charge in [0.05, 0.1) is 0 Å². The molecule has 2 rings (SSSR count). The van der Waals surface area contributed by atoms with Crippen molar-refractivity contribution in [2.45, 2.75) is 25.8 Å². The lowest BCUT2D eigenvalue weighted by Gasteiger charge is -2.14. The van der Waals surface area contributed by atoms with Crippen LogP contribution < -0.4 is 5.32 Å². The van der Waals surface area contributed by atoms with Crippen molar-refractivity contribution in [3.8, 4) is 0 Å². The second-order valence-corrected chi connectivity index (χ2v) is 5.09. The smallest absolute Gasteiger partial charge is 0.224 e. The summed E-state index contributed by atoms with van der Waals surface area (Å²) < 4.78 is 0. The minimum absolute atomic E-state index is 0.124. The van der Waals surface area contributed by atoms with Crippen molar-refractivity contribution in [3.63, 3.8) is 0 Å².